The van der Waals surface area contributed by atoms with E-state index in [0.717, 1.165) is 24.0 Å². The number of carbonyl (C=O) groups is 3. The summed E-state index contributed by atoms with van der Waals surface area (Å²) >= 11 is 0. The standard InChI is InChI=1S/C26H36O8/c1-14(2)21(31-16(4)27)12-22(32-17(5)28)20-13-30-25(33-18(6)29)24-15(3)8-9-23-26(7,34-23)11-10-19(20)24/h13,19,21-25H,1,3,8-12H2,2,4-7H3/t19-,21?,22?,23+,24+,25?,26+/m1/s1. The lowest BCUT2D eigenvalue weighted by atomic mass is 9.74. The summed E-state index contributed by atoms with van der Waals surface area (Å²) in [6.07, 6.45) is 2.76. The van der Waals surface area contributed by atoms with Crippen molar-refractivity contribution in [3.63, 3.8) is 0 Å². The lowest BCUT2D eigenvalue weighted by Crippen LogP contribution is -2.42. The smallest absolute Gasteiger partial charge is 0.305 e. The fourth-order valence-corrected chi connectivity index (χ4v) is 5.11. The van der Waals surface area contributed by atoms with Crippen LogP contribution in [0.15, 0.2) is 36.1 Å². The molecule has 0 amide bonds. The van der Waals surface area contributed by atoms with Crippen LogP contribution in [0.1, 0.15) is 66.7 Å². The van der Waals surface area contributed by atoms with E-state index in [9.17, 15) is 14.4 Å². The molecule has 2 aliphatic heterocycles. The van der Waals surface area contributed by atoms with Crippen molar-refractivity contribution in [2.45, 2.75) is 96.9 Å². The number of ether oxygens (including phenoxy) is 5. The van der Waals surface area contributed by atoms with Crippen molar-refractivity contribution in [2.24, 2.45) is 11.8 Å². The number of hydrogen-bond donors (Lipinski definition) is 0. The third-order valence-electron chi connectivity index (χ3n) is 6.93. The van der Waals surface area contributed by atoms with E-state index in [4.69, 9.17) is 23.7 Å². The molecule has 8 heteroatoms. The topological polar surface area (TPSA) is 101 Å². The molecule has 2 heterocycles. The Labute approximate surface area is 201 Å². The highest BCUT2D eigenvalue weighted by Crippen LogP contribution is 2.50. The van der Waals surface area contributed by atoms with Gasteiger partial charge in [0.2, 0.25) is 6.29 Å². The molecule has 0 spiro atoms. The molecule has 0 aromatic heterocycles. The van der Waals surface area contributed by atoms with Crippen LogP contribution >= 0.6 is 0 Å². The maximum absolute atomic E-state index is 12.1. The molecule has 0 bridgehead atoms. The number of esters is 3. The Bertz CT molecular complexity index is 889. The van der Waals surface area contributed by atoms with E-state index in [1.165, 1.54) is 27.0 Å². The molecule has 34 heavy (non-hydrogen) atoms. The van der Waals surface area contributed by atoms with Crippen LogP contribution in [-0.2, 0) is 38.1 Å². The van der Waals surface area contributed by atoms with Crippen LogP contribution in [0.2, 0.25) is 0 Å². The van der Waals surface area contributed by atoms with Gasteiger partial charge in [-0.25, -0.2) is 0 Å². The highest BCUT2D eigenvalue weighted by atomic mass is 16.7. The van der Waals surface area contributed by atoms with Gasteiger partial charge in [-0.05, 0) is 45.1 Å². The minimum absolute atomic E-state index is 0.169. The van der Waals surface area contributed by atoms with Gasteiger partial charge in [-0.1, -0.05) is 18.7 Å². The van der Waals surface area contributed by atoms with Gasteiger partial charge in [-0.15, -0.1) is 0 Å². The number of epoxide rings is 1. The normalized spacial score (nSPS) is 32.0. The number of hydrogen-bond acceptors (Lipinski definition) is 8. The molecule has 0 aromatic carbocycles. The van der Waals surface area contributed by atoms with Gasteiger partial charge in [-0.3, -0.25) is 14.4 Å². The third-order valence-corrected chi connectivity index (χ3v) is 6.93. The van der Waals surface area contributed by atoms with Gasteiger partial charge in [-0.2, -0.15) is 0 Å². The Balaban J connectivity index is 1.98. The molecule has 1 saturated heterocycles. The first-order valence-electron chi connectivity index (χ1n) is 11.8. The zero-order valence-electron chi connectivity index (χ0n) is 20.8. The molecule has 0 N–H and O–H groups in total. The van der Waals surface area contributed by atoms with Crippen molar-refractivity contribution in [3.8, 4) is 0 Å². The van der Waals surface area contributed by atoms with Gasteiger partial charge in [0, 0.05) is 38.7 Å². The largest absolute Gasteiger partial charge is 0.462 e. The average Bonchev–Trinajstić information content (AvgIpc) is 3.37. The van der Waals surface area contributed by atoms with E-state index in [2.05, 4.69) is 20.1 Å². The van der Waals surface area contributed by atoms with Gasteiger partial charge >= 0.3 is 17.9 Å². The van der Waals surface area contributed by atoms with Crippen LogP contribution in [0.3, 0.4) is 0 Å². The molecule has 2 fully saturated rings. The molecule has 3 rings (SSSR count). The second-order valence-corrected chi connectivity index (χ2v) is 9.80. The monoisotopic (exact) mass is 476 g/mol. The molecule has 7 atom stereocenters. The summed E-state index contributed by atoms with van der Waals surface area (Å²) in [5.74, 6) is -1.83. The molecule has 188 valence electrons. The second kappa shape index (κ2) is 10.3. The number of rotatable bonds is 7. The Morgan fingerprint density at radius 3 is 2.38 bits per heavy atom. The summed E-state index contributed by atoms with van der Waals surface area (Å²) in [4.78, 5) is 35.5. The molecule has 3 aliphatic rings. The third kappa shape index (κ3) is 6.09. The van der Waals surface area contributed by atoms with Crippen molar-refractivity contribution in [1.29, 1.82) is 0 Å². The van der Waals surface area contributed by atoms with Crippen LogP contribution in [0, 0.1) is 11.8 Å². The maximum Gasteiger partial charge on any atom is 0.305 e. The molecule has 8 nitrogen and oxygen atoms in total. The summed E-state index contributed by atoms with van der Waals surface area (Å²) in [6.45, 7) is 16.1. The first-order chi connectivity index (χ1) is 15.9. The predicted octanol–water partition coefficient (Wildman–Crippen LogP) is 4.14. The van der Waals surface area contributed by atoms with Crippen LogP contribution < -0.4 is 0 Å². The molecular formula is C26H36O8. The fourth-order valence-electron chi connectivity index (χ4n) is 5.11. The van der Waals surface area contributed by atoms with E-state index >= 15 is 0 Å². The van der Waals surface area contributed by atoms with Gasteiger partial charge in [0.15, 0.2) is 0 Å². The van der Waals surface area contributed by atoms with E-state index in [1.54, 1.807) is 6.92 Å². The number of fused-ring (bicyclic) bond motifs is 2. The van der Waals surface area contributed by atoms with Crippen LogP contribution in [0.4, 0.5) is 0 Å². The summed E-state index contributed by atoms with van der Waals surface area (Å²) in [5.41, 5.74) is 2.08. The Hall–Kier alpha value is -2.61. The molecular weight excluding hydrogens is 440 g/mol. The minimum Gasteiger partial charge on any atom is -0.462 e. The van der Waals surface area contributed by atoms with Crippen molar-refractivity contribution in [2.75, 3.05) is 0 Å². The van der Waals surface area contributed by atoms with E-state index < -0.39 is 36.4 Å². The zero-order chi connectivity index (χ0) is 25.2. The van der Waals surface area contributed by atoms with Gasteiger partial charge in [0.25, 0.3) is 0 Å². The summed E-state index contributed by atoms with van der Waals surface area (Å²) < 4.78 is 28.6. The van der Waals surface area contributed by atoms with Crippen LogP contribution in [-0.4, -0.2) is 48.1 Å². The molecule has 0 radical (unpaired) electrons. The SMILES string of the molecule is C=C(C)C(CC(OC(C)=O)C1=COC(OC(C)=O)[C@H]2C(=C)CC[C@@H]3O[C@@]3(C)CC[C@H]12)OC(C)=O. The minimum atomic E-state index is -0.815. The van der Waals surface area contributed by atoms with Crippen molar-refractivity contribution < 1.29 is 38.1 Å². The Morgan fingerprint density at radius 2 is 1.79 bits per heavy atom. The second-order valence-electron chi connectivity index (χ2n) is 9.80. The van der Waals surface area contributed by atoms with Gasteiger partial charge < -0.3 is 23.7 Å². The highest BCUT2D eigenvalue weighted by Gasteiger charge is 2.54. The zero-order valence-corrected chi connectivity index (χ0v) is 20.8. The summed E-state index contributed by atoms with van der Waals surface area (Å²) in [7, 11) is 0. The maximum atomic E-state index is 12.1. The van der Waals surface area contributed by atoms with Gasteiger partial charge in [0.1, 0.15) is 12.2 Å². The quantitative estimate of drug-likeness (QED) is 0.234. The van der Waals surface area contributed by atoms with Crippen molar-refractivity contribution in [1.82, 2.24) is 0 Å². The van der Waals surface area contributed by atoms with E-state index in [1.807, 2.05) is 0 Å². The van der Waals surface area contributed by atoms with Crippen LogP contribution in [0.5, 0.6) is 0 Å². The van der Waals surface area contributed by atoms with E-state index in [-0.39, 0.29) is 30.0 Å². The fraction of sp³-hybridized carbons (Fsp3) is 0.654. The molecule has 0 aromatic rings. The van der Waals surface area contributed by atoms with Crippen molar-refractivity contribution in [3.05, 3.63) is 36.1 Å². The van der Waals surface area contributed by atoms with Crippen LogP contribution in [0.25, 0.3) is 0 Å². The molecule has 1 saturated carbocycles. The Morgan fingerprint density at radius 1 is 1.12 bits per heavy atom. The van der Waals surface area contributed by atoms with E-state index in [0.29, 0.717) is 18.4 Å². The summed E-state index contributed by atoms with van der Waals surface area (Å²) in [5, 5.41) is 0. The Kier molecular flexibility index (Phi) is 7.91. The predicted molar refractivity (Wildman–Crippen MR) is 123 cm³/mol. The average molecular weight is 477 g/mol. The summed E-state index contributed by atoms with van der Waals surface area (Å²) in [6, 6.07) is 0. The highest BCUT2D eigenvalue weighted by molar-refractivity contribution is 5.67. The molecule has 1 aliphatic carbocycles. The lowest BCUT2D eigenvalue weighted by molar-refractivity contribution is -0.181. The van der Waals surface area contributed by atoms with Gasteiger partial charge in [0.05, 0.1) is 23.9 Å². The number of carbonyl (C=O) groups excluding carboxylic acids is 3. The lowest BCUT2D eigenvalue weighted by Gasteiger charge is -2.41. The molecule has 3 unspecified atom stereocenters. The first kappa shape index (κ1) is 26.0. The first-order valence-corrected chi connectivity index (χ1v) is 11.8. The van der Waals surface area contributed by atoms with Crippen molar-refractivity contribution >= 4 is 17.9 Å².